The molecular weight excluding hydrogens is 242 g/mol. The lowest BCUT2D eigenvalue weighted by atomic mass is 10.1. The highest BCUT2D eigenvalue weighted by Crippen LogP contribution is 1.99. The van der Waals surface area contributed by atoms with Crippen molar-refractivity contribution in [3.05, 3.63) is 48.0 Å². The molecule has 2 N–H and O–H groups in total. The van der Waals surface area contributed by atoms with Gasteiger partial charge in [0.25, 0.3) is 0 Å². The van der Waals surface area contributed by atoms with Gasteiger partial charge < -0.3 is 9.84 Å². The van der Waals surface area contributed by atoms with Crippen LogP contribution in [0.2, 0.25) is 0 Å². The molecule has 0 heterocycles. The summed E-state index contributed by atoms with van der Waals surface area (Å²) in [4.78, 5) is 11.1. The number of nitrogens with one attached hydrogen (secondary N) is 1. The Morgan fingerprint density at radius 1 is 1.42 bits per heavy atom. The van der Waals surface area contributed by atoms with E-state index in [-0.39, 0.29) is 6.61 Å². The number of aliphatic hydroxyl groups excluding tert-OH is 1. The number of carbonyl (C=O) groups is 1. The van der Waals surface area contributed by atoms with E-state index in [0.29, 0.717) is 18.5 Å². The SMILES string of the molecule is C=C(C)C(=O)OCCC(O)NCCc1ccccc1. The van der Waals surface area contributed by atoms with Crippen molar-refractivity contribution >= 4 is 5.97 Å². The smallest absolute Gasteiger partial charge is 0.333 e. The Hall–Kier alpha value is -1.65. The minimum atomic E-state index is -0.665. The molecule has 0 bridgehead atoms. The Bertz CT molecular complexity index is 403. The molecule has 4 heteroatoms. The number of aliphatic hydroxyl groups is 1. The number of esters is 1. The largest absolute Gasteiger partial charge is 0.462 e. The van der Waals surface area contributed by atoms with Crippen molar-refractivity contribution in [1.29, 1.82) is 0 Å². The third-order valence-electron chi connectivity index (χ3n) is 2.61. The van der Waals surface area contributed by atoms with Crippen molar-refractivity contribution in [2.45, 2.75) is 26.0 Å². The molecule has 0 amide bonds. The molecule has 0 aliphatic heterocycles. The molecule has 1 unspecified atom stereocenters. The van der Waals surface area contributed by atoms with Crippen LogP contribution in [0.25, 0.3) is 0 Å². The predicted molar refractivity (Wildman–Crippen MR) is 74.5 cm³/mol. The molecule has 0 radical (unpaired) electrons. The molecule has 4 nitrogen and oxygen atoms in total. The molecule has 0 saturated heterocycles. The summed E-state index contributed by atoms with van der Waals surface area (Å²) < 4.78 is 4.90. The predicted octanol–water partition coefficient (Wildman–Crippen LogP) is 1.65. The number of carbonyl (C=O) groups excluding carboxylic acids is 1. The summed E-state index contributed by atoms with van der Waals surface area (Å²) in [5, 5.41) is 12.6. The van der Waals surface area contributed by atoms with Gasteiger partial charge in [0.15, 0.2) is 0 Å². The summed E-state index contributed by atoms with van der Waals surface area (Å²) >= 11 is 0. The quantitative estimate of drug-likeness (QED) is 0.425. The summed E-state index contributed by atoms with van der Waals surface area (Å²) in [5.74, 6) is -0.420. The van der Waals surface area contributed by atoms with Crippen LogP contribution < -0.4 is 5.32 Å². The van der Waals surface area contributed by atoms with Gasteiger partial charge in [0.1, 0.15) is 6.23 Å². The molecule has 1 rings (SSSR count). The van der Waals surface area contributed by atoms with E-state index in [2.05, 4.69) is 11.9 Å². The fraction of sp³-hybridized carbons (Fsp3) is 0.400. The average Bonchev–Trinajstić information content (AvgIpc) is 2.39. The maximum Gasteiger partial charge on any atom is 0.333 e. The van der Waals surface area contributed by atoms with Gasteiger partial charge in [-0.15, -0.1) is 0 Å². The lowest BCUT2D eigenvalue weighted by Crippen LogP contribution is -2.32. The van der Waals surface area contributed by atoms with Gasteiger partial charge in [-0.25, -0.2) is 4.79 Å². The molecule has 0 spiro atoms. The van der Waals surface area contributed by atoms with Crippen molar-refractivity contribution in [3.63, 3.8) is 0 Å². The van der Waals surface area contributed by atoms with E-state index in [1.54, 1.807) is 6.92 Å². The Kier molecular flexibility index (Phi) is 6.85. The van der Waals surface area contributed by atoms with Crippen LogP contribution in [0.1, 0.15) is 18.9 Å². The van der Waals surface area contributed by atoms with Crippen molar-refractivity contribution < 1.29 is 14.6 Å². The van der Waals surface area contributed by atoms with E-state index >= 15 is 0 Å². The molecule has 104 valence electrons. The topological polar surface area (TPSA) is 58.6 Å². The second kappa shape index (κ2) is 8.45. The molecule has 0 aliphatic carbocycles. The van der Waals surface area contributed by atoms with E-state index in [1.807, 2.05) is 30.3 Å². The zero-order valence-electron chi connectivity index (χ0n) is 11.3. The number of ether oxygens (including phenoxy) is 1. The first-order chi connectivity index (χ1) is 9.09. The first-order valence-electron chi connectivity index (χ1n) is 6.37. The van der Waals surface area contributed by atoms with Crippen LogP contribution in [0, 0.1) is 0 Å². The maximum atomic E-state index is 11.1. The van der Waals surface area contributed by atoms with Crippen LogP contribution >= 0.6 is 0 Å². The molecule has 1 aromatic carbocycles. The van der Waals surface area contributed by atoms with Crippen molar-refractivity contribution in [3.8, 4) is 0 Å². The van der Waals surface area contributed by atoms with Crippen LogP contribution in [-0.4, -0.2) is 30.5 Å². The van der Waals surface area contributed by atoms with Crippen molar-refractivity contribution in [2.75, 3.05) is 13.2 Å². The van der Waals surface area contributed by atoms with Gasteiger partial charge in [-0.3, -0.25) is 5.32 Å². The fourth-order valence-corrected chi connectivity index (χ4v) is 1.52. The second-order valence-corrected chi connectivity index (χ2v) is 4.41. The average molecular weight is 263 g/mol. The van der Waals surface area contributed by atoms with E-state index in [9.17, 15) is 9.90 Å². The standard InChI is InChI=1S/C15H21NO3/c1-12(2)15(18)19-11-9-14(17)16-10-8-13-6-4-3-5-7-13/h3-7,14,16-17H,1,8-11H2,2H3. The van der Waals surface area contributed by atoms with Crippen LogP contribution in [0.15, 0.2) is 42.5 Å². The Morgan fingerprint density at radius 3 is 2.74 bits per heavy atom. The van der Waals surface area contributed by atoms with Crippen LogP contribution in [-0.2, 0) is 16.0 Å². The molecule has 0 aliphatic rings. The zero-order valence-corrected chi connectivity index (χ0v) is 11.3. The summed E-state index contributed by atoms with van der Waals surface area (Å²) in [6.45, 7) is 5.94. The second-order valence-electron chi connectivity index (χ2n) is 4.41. The number of hydrogen-bond donors (Lipinski definition) is 2. The number of benzene rings is 1. The summed E-state index contributed by atoms with van der Waals surface area (Å²) in [7, 11) is 0. The molecule has 19 heavy (non-hydrogen) atoms. The normalized spacial score (nSPS) is 11.9. The van der Waals surface area contributed by atoms with Crippen molar-refractivity contribution in [2.24, 2.45) is 0 Å². The Labute approximate surface area is 114 Å². The number of rotatable bonds is 8. The fourth-order valence-electron chi connectivity index (χ4n) is 1.52. The minimum Gasteiger partial charge on any atom is -0.462 e. The third-order valence-corrected chi connectivity index (χ3v) is 2.61. The van der Waals surface area contributed by atoms with E-state index in [1.165, 1.54) is 5.56 Å². The summed E-state index contributed by atoms with van der Waals surface area (Å²) in [6, 6.07) is 10.0. The lowest BCUT2D eigenvalue weighted by molar-refractivity contribution is -0.139. The Balaban J connectivity index is 2.10. The Morgan fingerprint density at radius 2 is 2.11 bits per heavy atom. The third kappa shape index (κ3) is 6.74. The molecule has 1 aromatic rings. The number of hydrogen-bond acceptors (Lipinski definition) is 4. The highest BCUT2D eigenvalue weighted by Gasteiger charge is 2.06. The molecule has 0 fully saturated rings. The lowest BCUT2D eigenvalue weighted by Gasteiger charge is -2.13. The van der Waals surface area contributed by atoms with Crippen molar-refractivity contribution in [1.82, 2.24) is 5.32 Å². The van der Waals surface area contributed by atoms with Crippen LogP contribution in [0.3, 0.4) is 0 Å². The van der Waals surface area contributed by atoms with Gasteiger partial charge in [0, 0.05) is 18.5 Å². The summed E-state index contributed by atoms with van der Waals surface area (Å²) in [5.41, 5.74) is 1.59. The first-order valence-corrected chi connectivity index (χ1v) is 6.37. The first kappa shape index (κ1) is 15.4. The van der Waals surface area contributed by atoms with Gasteiger partial charge in [-0.1, -0.05) is 36.9 Å². The molecule has 1 atom stereocenters. The molecule has 0 aromatic heterocycles. The monoisotopic (exact) mass is 263 g/mol. The van der Waals surface area contributed by atoms with E-state index < -0.39 is 12.2 Å². The minimum absolute atomic E-state index is 0.186. The highest BCUT2D eigenvalue weighted by atomic mass is 16.5. The van der Waals surface area contributed by atoms with Gasteiger partial charge in [0.05, 0.1) is 6.61 Å². The van der Waals surface area contributed by atoms with Gasteiger partial charge >= 0.3 is 5.97 Å². The van der Waals surface area contributed by atoms with Gasteiger partial charge in [0.2, 0.25) is 0 Å². The van der Waals surface area contributed by atoms with Gasteiger partial charge in [-0.05, 0) is 18.9 Å². The van der Waals surface area contributed by atoms with E-state index in [4.69, 9.17) is 4.74 Å². The van der Waals surface area contributed by atoms with Gasteiger partial charge in [-0.2, -0.15) is 0 Å². The molecular formula is C15H21NO3. The van der Waals surface area contributed by atoms with E-state index in [0.717, 1.165) is 6.42 Å². The molecule has 0 saturated carbocycles. The summed E-state index contributed by atoms with van der Waals surface area (Å²) in [6.07, 6.45) is 0.554. The zero-order chi connectivity index (χ0) is 14.1. The van der Waals surface area contributed by atoms with Crippen LogP contribution in [0.5, 0.6) is 0 Å². The van der Waals surface area contributed by atoms with Crippen LogP contribution in [0.4, 0.5) is 0 Å². The highest BCUT2D eigenvalue weighted by molar-refractivity contribution is 5.86. The maximum absolute atomic E-state index is 11.1.